The fourth-order valence-electron chi connectivity index (χ4n) is 2.96. The Morgan fingerprint density at radius 3 is 2.94 bits per heavy atom. The lowest BCUT2D eigenvalue weighted by Crippen LogP contribution is -2.28. The predicted molar refractivity (Wildman–Crippen MR) is 72.5 cm³/mol. The van der Waals surface area contributed by atoms with Crippen LogP contribution in [0.1, 0.15) is 30.0 Å². The summed E-state index contributed by atoms with van der Waals surface area (Å²) in [6, 6.07) is 5.97. The van der Waals surface area contributed by atoms with Gasteiger partial charge in [0.25, 0.3) is 0 Å². The van der Waals surface area contributed by atoms with E-state index in [9.17, 15) is 4.39 Å². The third-order valence-electron chi connectivity index (χ3n) is 4.17. The molecule has 2 aromatic rings. The normalized spacial score (nSPS) is 20.5. The van der Waals surface area contributed by atoms with E-state index in [1.54, 1.807) is 0 Å². The van der Waals surface area contributed by atoms with Crippen LogP contribution in [0.5, 0.6) is 0 Å². The molecule has 0 amide bonds. The maximum Gasteiger partial charge on any atom is 0.136 e. The number of piperidine rings is 1. The van der Waals surface area contributed by atoms with Crippen LogP contribution in [0.4, 0.5) is 4.39 Å². The molecule has 1 aliphatic rings. The first kappa shape index (κ1) is 11.7. The van der Waals surface area contributed by atoms with Crippen LogP contribution in [-0.4, -0.2) is 17.7 Å². The molecule has 96 valence electrons. The fourth-order valence-corrected chi connectivity index (χ4v) is 2.96. The average molecular weight is 246 g/mol. The van der Waals surface area contributed by atoms with E-state index in [2.05, 4.69) is 11.4 Å². The molecule has 1 atom stereocenters. The van der Waals surface area contributed by atoms with Gasteiger partial charge in [-0.05, 0) is 49.9 Å². The van der Waals surface area contributed by atoms with Crippen molar-refractivity contribution in [2.75, 3.05) is 13.1 Å². The third kappa shape index (κ3) is 1.74. The van der Waals surface area contributed by atoms with Crippen molar-refractivity contribution in [1.82, 2.24) is 9.88 Å². The zero-order valence-corrected chi connectivity index (χ0v) is 11.0. The summed E-state index contributed by atoms with van der Waals surface area (Å²) in [7, 11) is 1.99. The van der Waals surface area contributed by atoms with Crippen molar-refractivity contribution >= 4 is 10.9 Å². The predicted octanol–water partition coefficient (Wildman–Crippen LogP) is 3.09. The highest BCUT2D eigenvalue weighted by Crippen LogP contribution is 2.31. The molecule has 1 unspecified atom stereocenters. The maximum absolute atomic E-state index is 14.6. The summed E-state index contributed by atoms with van der Waals surface area (Å²) >= 11 is 0. The number of hydrogen-bond donors (Lipinski definition) is 1. The Hall–Kier alpha value is -1.35. The van der Waals surface area contributed by atoms with Crippen molar-refractivity contribution in [3.05, 3.63) is 35.3 Å². The number of benzene rings is 1. The molecule has 2 heterocycles. The van der Waals surface area contributed by atoms with Crippen molar-refractivity contribution in [3.63, 3.8) is 0 Å². The summed E-state index contributed by atoms with van der Waals surface area (Å²) in [5.41, 5.74) is 2.96. The summed E-state index contributed by atoms with van der Waals surface area (Å²) in [5.74, 6) is 0.300. The van der Waals surface area contributed by atoms with Crippen LogP contribution in [0.3, 0.4) is 0 Å². The Balaban J connectivity index is 2.11. The number of aromatic nitrogens is 1. The highest BCUT2D eigenvalue weighted by Gasteiger charge is 2.20. The molecular weight excluding hydrogens is 227 g/mol. The van der Waals surface area contributed by atoms with Gasteiger partial charge in [0.05, 0.1) is 5.52 Å². The Kier molecular flexibility index (Phi) is 2.86. The molecule has 1 saturated heterocycles. The van der Waals surface area contributed by atoms with Gasteiger partial charge < -0.3 is 9.88 Å². The molecule has 1 fully saturated rings. The summed E-state index contributed by atoms with van der Waals surface area (Å²) in [6.07, 6.45) is 2.22. The molecule has 3 heteroatoms. The van der Waals surface area contributed by atoms with Gasteiger partial charge in [0.2, 0.25) is 0 Å². The molecule has 18 heavy (non-hydrogen) atoms. The molecular formula is C15H19FN2. The molecule has 1 N–H and O–H groups in total. The first-order valence-electron chi connectivity index (χ1n) is 6.63. The number of hydrogen-bond acceptors (Lipinski definition) is 1. The topological polar surface area (TPSA) is 17.0 Å². The molecule has 1 aromatic heterocycles. The third-order valence-corrected chi connectivity index (χ3v) is 4.17. The second kappa shape index (κ2) is 4.39. The molecule has 2 nitrogen and oxygen atoms in total. The van der Waals surface area contributed by atoms with Crippen LogP contribution in [0, 0.1) is 12.7 Å². The van der Waals surface area contributed by atoms with Gasteiger partial charge in [0, 0.05) is 24.7 Å². The molecule has 0 saturated carbocycles. The van der Waals surface area contributed by atoms with Crippen LogP contribution >= 0.6 is 0 Å². The van der Waals surface area contributed by atoms with E-state index in [1.807, 2.05) is 30.7 Å². The highest BCUT2D eigenvalue weighted by atomic mass is 19.1. The lowest BCUT2D eigenvalue weighted by Gasteiger charge is -2.23. The zero-order valence-electron chi connectivity index (χ0n) is 11.0. The van der Waals surface area contributed by atoms with Gasteiger partial charge in [-0.25, -0.2) is 4.39 Å². The van der Waals surface area contributed by atoms with Gasteiger partial charge in [-0.15, -0.1) is 0 Å². The lowest BCUT2D eigenvalue weighted by atomic mass is 9.90. The number of nitrogens with one attached hydrogen (secondary N) is 1. The standard InChI is InChI=1S/C15H19FN2/c1-10-8-13-14(18(10)2)6-5-12(15(13)16)11-4-3-7-17-9-11/h5-6,8,11,17H,3-4,7,9H2,1-2H3. The number of aryl methyl sites for hydroxylation is 2. The molecule has 0 spiro atoms. The Morgan fingerprint density at radius 1 is 1.39 bits per heavy atom. The smallest absolute Gasteiger partial charge is 0.136 e. The van der Waals surface area contributed by atoms with E-state index in [-0.39, 0.29) is 5.82 Å². The number of halogens is 1. The summed E-state index contributed by atoms with van der Waals surface area (Å²) in [6.45, 7) is 3.97. The molecule has 1 aromatic carbocycles. The SMILES string of the molecule is Cc1cc2c(F)c(C3CCCNC3)ccc2n1C. The van der Waals surface area contributed by atoms with Crippen LogP contribution in [0.2, 0.25) is 0 Å². The largest absolute Gasteiger partial charge is 0.348 e. The summed E-state index contributed by atoms with van der Waals surface area (Å²) < 4.78 is 16.6. The van der Waals surface area contributed by atoms with Crippen molar-refractivity contribution in [2.24, 2.45) is 7.05 Å². The van der Waals surface area contributed by atoms with Gasteiger partial charge in [-0.1, -0.05) is 6.07 Å². The van der Waals surface area contributed by atoms with Crippen LogP contribution in [0.15, 0.2) is 18.2 Å². The van der Waals surface area contributed by atoms with Crippen LogP contribution in [-0.2, 0) is 7.05 Å². The summed E-state index contributed by atoms with van der Waals surface area (Å²) in [4.78, 5) is 0. The quantitative estimate of drug-likeness (QED) is 0.818. The maximum atomic E-state index is 14.6. The minimum Gasteiger partial charge on any atom is -0.348 e. The van der Waals surface area contributed by atoms with E-state index in [0.29, 0.717) is 5.92 Å². The average Bonchev–Trinajstić information content (AvgIpc) is 2.69. The van der Waals surface area contributed by atoms with E-state index in [1.165, 1.54) is 0 Å². The van der Waals surface area contributed by atoms with Gasteiger partial charge in [-0.2, -0.15) is 0 Å². The highest BCUT2D eigenvalue weighted by molar-refractivity contribution is 5.83. The molecule has 0 aliphatic carbocycles. The monoisotopic (exact) mass is 246 g/mol. The number of rotatable bonds is 1. The van der Waals surface area contributed by atoms with E-state index >= 15 is 0 Å². The Bertz CT molecular complexity index is 580. The first-order valence-corrected chi connectivity index (χ1v) is 6.63. The van der Waals surface area contributed by atoms with Crippen molar-refractivity contribution in [3.8, 4) is 0 Å². The molecule has 1 aliphatic heterocycles. The lowest BCUT2D eigenvalue weighted by molar-refractivity contribution is 0.448. The van der Waals surface area contributed by atoms with Gasteiger partial charge in [0.15, 0.2) is 0 Å². The fraction of sp³-hybridized carbons (Fsp3) is 0.467. The van der Waals surface area contributed by atoms with Gasteiger partial charge in [-0.3, -0.25) is 0 Å². The minimum atomic E-state index is -0.0232. The van der Waals surface area contributed by atoms with E-state index < -0.39 is 0 Å². The Labute approximate surface area is 107 Å². The second-order valence-electron chi connectivity index (χ2n) is 5.29. The summed E-state index contributed by atoms with van der Waals surface area (Å²) in [5, 5.41) is 4.12. The molecule has 3 rings (SSSR count). The zero-order chi connectivity index (χ0) is 12.7. The van der Waals surface area contributed by atoms with E-state index in [0.717, 1.165) is 48.1 Å². The first-order chi connectivity index (χ1) is 8.68. The van der Waals surface area contributed by atoms with Gasteiger partial charge in [0.1, 0.15) is 5.82 Å². The van der Waals surface area contributed by atoms with Crippen LogP contribution in [0.25, 0.3) is 10.9 Å². The molecule has 0 bridgehead atoms. The number of fused-ring (bicyclic) bond motifs is 1. The second-order valence-corrected chi connectivity index (χ2v) is 5.29. The molecule has 0 radical (unpaired) electrons. The van der Waals surface area contributed by atoms with E-state index in [4.69, 9.17) is 0 Å². The minimum absolute atomic E-state index is 0.0232. The Morgan fingerprint density at radius 2 is 2.22 bits per heavy atom. The van der Waals surface area contributed by atoms with Crippen LogP contribution < -0.4 is 5.32 Å². The van der Waals surface area contributed by atoms with Crippen molar-refractivity contribution < 1.29 is 4.39 Å². The number of nitrogens with zero attached hydrogens (tertiary/aromatic N) is 1. The van der Waals surface area contributed by atoms with Gasteiger partial charge >= 0.3 is 0 Å². The van der Waals surface area contributed by atoms with Crippen molar-refractivity contribution in [1.29, 1.82) is 0 Å². The van der Waals surface area contributed by atoms with Crippen molar-refractivity contribution in [2.45, 2.75) is 25.7 Å².